The Bertz CT molecular complexity index is 1610. The minimum Gasteiger partial charge on any atom is -0.383 e. The molecule has 0 bridgehead atoms. The molecular weight excluding hydrogens is 747 g/mol. The first-order chi connectivity index (χ1) is 22.7. The number of aromatic nitrogens is 4. The number of aliphatic hydroxyl groups is 1. The molecule has 1 fully saturated rings. The number of nitrogens with zero attached hydrogens (tertiary/aromatic N) is 4. The first-order valence-corrected chi connectivity index (χ1v) is 19.0. The lowest BCUT2D eigenvalue weighted by Crippen LogP contribution is -2.46. The summed E-state index contributed by atoms with van der Waals surface area (Å²) >= 11 is 3.95. The van der Waals surface area contributed by atoms with Gasteiger partial charge in [-0.05, 0) is 0 Å². The second-order valence-corrected chi connectivity index (χ2v) is 15.6. The number of ether oxygens (including phenoxy) is 1. The van der Waals surface area contributed by atoms with Crippen LogP contribution in [0.3, 0.4) is 0 Å². The summed E-state index contributed by atoms with van der Waals surface area (Å²) in [5.74, 6) is -0.974. The van der Waals surface area contributed by atoms with Crippen LogP contribution in [-0.4, -0.2) is 118 Å². The molecule has 1 aliphatic heterocycles. The van der Waals surface area contributed by atoms with Crippen LogP contribution in [0, 0.1) is 5.41 Å². The number of thiol groups is 1. The zero-order valence-electron chi connectivity index (χ0n) is 25.6. The van der Waals surface area contributed by atoms with Gasteiger partial charge in [-0.3, -0.25) is 33.0 Å². The largest absolute Gasteiger partial charge is 0.481 e. The smallest absolute Gasteiger partial charge is 0.383 e. The predicted molar refractivity (Wildman–Crippen MR) is 165 cm³/mol. The van der Waals surface area contributed by atoms with Crippen molar-refractivity contribution >= 4 is 64.9 Å². The average molecular weight is 784 g/mol. The fourth-order valence-electron chi connectivity index (χ4n) is 4.23. The highest BCUT2D eigenvalue weighted by molar-refractivity contribution is 7.80. The Labute approximate surface area is 282 Å². The van der Waals surface area contributed by atoms with Crippen molar-refractivity contribution < 1.29 is 80.7 Å². The number of phosphoric ester groups is 3. The molecule has 3 heterocycles. The number of hydrogen-bond acceptors (Lipinski definition) is 18. The lowest BCUT2D eigenvalue weighted by molar-refractivity contribution is -0.303. The number of aliphatic hydroxyl groups excluding tert-OH is 1. The van der Waals surface area contributed by atoms with E-state index in [0.29, 0.717) is 12.3 Å². The molecule has 0 spiro atoms. The lowest BCUT2D eigenvalue weighted by Gasteiger charge is -2.30. The highest BCUT2D eigenvalue weighted by Gasteiger charge is 2.52. The van der Waals surface area contributed by atoms with Crippen molar-refractivity contribution in [3.63, 3.8) is 0 Å². The number of rotatable bonds is 19. The quantitative estimate of drug-likeness (QED) is 0.0347. The van der Waals surface area contributed by atoms with E-state index in [9.17, 15) is 53.2 Å². The van der Waals surface area contributed by atoms with Crippen LogP contribution in [0.4, 0.5) is 5.82 Å². The number of phosphoric acid groups is 3. The Morgan fingerprint density at radius 3 is 2.39 bits per heavy atom. The molecule has 2 aromatic rings. The molecule has 2 amide bonds. The van der Waals surface area contributed by atoms with E-state index < -0.39 is 78.6 Å². The normalized spacial score (nSPS) is 23.1. The van der Waals surface area contributed by atoms with E-state index in [0.717, 1.165) is 17.2 Å². The second kappa shape index (κ2) is 16.9. The molecule has 2 unspecified atom stereocenters. The summed E-state index contributed by atoms with van der Waals surface area (Å²) in [5, 5.41) is 24.9. The summed E-state index contributed by atoms with van der Waals surface area (Å²) < 4.78 is 62.0. The molecule has 2 aromatic heterocycles. The van der Waals surface area contributed by atoms with E-state index in [1.165, 1.54) is 13.8 Å². The maximum atomic E-state index is 12.6. The fourth-order valence-corrected chi connectivity index (χ4v) is 7.16. The van der Waals surface area contributed by atoms with Gasteiger partial charge in [-0.25, -0.2) is 33.5 Å². The van der Waals surface area contributed by atoms with Crippen LogP contribution in [0.5, 0.6) is 0 Å². The minimum atomic E-state index is -5.57. The van der Waals surface area contributed by atoms with Gasteiger partial charge in [-0.15, -0.1) is 0 Å². The predicted octanol–water partition coefficient (Wildman–Crippen LogP) is -1.17. The molecule has 1 saturated heterocycles. The second-order valence-electron chi connectivity index (χ2n) is 10.9. The number of carbonyl (C=O) groups is 2. The minimum absolute atomic E-state index is 0.0171. The number of carbonyl (C=O) groups excluding carboxylic acids is 2. The summed E-state index contributed by atoms with van der Waals surface area (Å²) in [7, 11) is -16.4. The van der Waals surface area contributed by atoms with Crippen LogP contribution in [0.2, 0.25) is 0 Å². The molecule has 0 saturated carbocycles. The highest BCUT2D eigenvalue weighted by atomic mass is 32.1. The van der Waals surface area contributed by atoms with Crippen LogP contribution in [0.15, 0.2) is 12.7 Å². The SMILES string of the molecule is CC(C)(COP(=O)(O)OP(=O)(O)OC[C@H]1O[C@@H](n2cnc3c(N)ncnc32)[C@H](OO)[C@@H]1OP(=O)(O)O)[C@@H](O)C(=O)NCCC(=O)NCCS. The molecule has 0 radical (unpaired) electrons. The standard InChI is InChI=1S/C21H36N7O17P3S/c1-21(2,16(30)19(31)24-4-3-12(29)23-5-6-49)8-41-48(38,39)45-47(36,37)40-7-11-14(44-46(33,34)35)15(43-32)20(42-11)28-10-27-13-17(22)25-9-26-18(13)28/h9-11,14-16,20,30,32,49H,3-8H2,1-2H3,(H,23,29)(H,24,31)(H,36,37)(H,38,39)(H2,22,25,26)(H2,33,34,35)/t11-,14-,15-,16+,20-/m1/s1. The van der Waals surface area contributed by atoms with Crippen LogP contribution < -0.4 is 16.4 Å². The first kappa shape index (κ1) is 41.3. The molecule has 3 rings (SSSR count). The monoisotopic (exact) mass is 783 g/mol. The van der Waals surface area contributed by atoms with E-state index >= 15 is 0 Å². The van der Waals surface area contributed by atoms with Gasteiger partial charge in [-0.1, -0.05) is 13.8 Å². The summed E-state index contributed by atoms with van der Waals surface area (Å²) in [6.07, 6.45) is -6.73. The van der Waals surface area contributed by atoms with Crippen LogP contribution in [0.25, 0.3) is 11.2 Å². The van der Waals surface area contributed by atoms with Gasteiger partial charge in [0.2, 0.25) is 11.8 Å². The summed E-state index contributed by atoms with van der Waals surface area (Å²) in [5.41, 5.74) is 4.26. The number of imidazole rings is 1. The third kappa shape index (κ3) is 11.7. The van der Waals surface area contributed by atoms with Crippen molar-refractivity contribution in [1.82, 2.24) is 30.2 Å². The first-order valence-electron chi connectivity index (χ1n) is 13.8. The summed E-state index contributed by atoms with van der Waals surface area (Å²) in [4.78, 5) is 79.2. The van der Waals surface area contributed by atoms with Crippen LogP contribution in [-0.2, 0) is 50.8 Å². The number of hydrogen-bond donors (Lipinski definition) is 10. The van der Waals surface area contributed by atoms with Crippen molar-refractivity contribution in [3.05, 3.63) is 12.7 Å². The highest BCUT2D eigenvalue weighted by Crippen LogP contribution is 2.61. The molecule has 28 heteroatoms. The Balaban J connectivity index is 1.64. The topological polar surface area (TPSA) is 356 Å². The molecule has 1 aliphatic rings. The van der Waals surface area contributed by atoms with Gasteiger partial charge in [0.05, 0.1) is 19.5 Å². The number of anilines is 1. The van der Waals surface area contributed by atoms with Gasteiger partial charge in [0, 0.05) is 30.7 Å². The average Bonchev–Trinajstić information content (AvgIpc) is 3.58. The van der Waals surface area contributed by atoms with Gasteiger partial charge < -0.3 is 45.8 Å². The Morgan fingerprint density at radius 1 is 1.08 bits per heavy atom. The Hall–Kier alpha value is -2.15. The molecule has 0 aromatic carbocycles. The fraction of sp³-hybridized carbons (Fsp3) is 0.667. The molecule has 278 valence electrons. The summed E-state index contributed by atoms with van der Waals surface area (Å²) in [6.45, 7) is 0.667. The third-order valence-corrected chi connectivity index (χ3v) is 9.93. The van der Waals surface area contributed by atoms with Gasteiger partial charge in [0.25, 0.3) is 0 Å². The van der Waals surface area contributed by atoms with E-state index in [-0.39, 0.29) is 35.9 Å². The lowest BCUT2D eigenvalue weighted by atomic mass is 9.87. The van der Waals surface area contributed by atoms with Crippen molar-refractivity contribution in [2.75, 3.05) is 37.8 Å². The van der Waals surface area contributed by atoms with Crippen molar-refractivity contribution in [3.8, 4) is 0 Å². The number of nitrogens with one attached hydrogen (secondary N) is 2. The summed E-state index contributed by atoms with van der Waals surface area (Å²) in [6, 6.07) is 0. The maximum Gasteiger partial charge on any atom is 0.481 e. The number of fused-ring (bicyclic) bond motifs is 1. The zero-order valence-corrected chi connectivity index (χ0v) is 29.2. The van der Waals surface area contributed by atoms with E-state index in [1.807, 2.05) is 0 Å². The molecule has 10 N–H and O–H groups in total. The van der Waals surface area contributed by atoms with Crippen molar-refractivity contribution in [2.45, 2.75) is 50.9 Å². The third-order valence-electron chi connectivity index (χ3n) is 6.61. The molecule has 0 aliphatic carbocycles. The van der Waals surface area contributed by atoms with E-state index in [4.69, 9.17) is 19.5 Å². The number of nitrogens with two attached hydrogens (primary N) is 1. The molecule has 24 nitrogen and oxygen atoms in total. The maximum absolute atomic E-state index is 12.6. The molecule has 49 heavy (non-hydrogen) atoms. The van der Waals surface area contributed by atoms with Crippen LogP contribution in [0.1, 0.15) is 26.5 Å². The number of nitrogen functional groups attached to an aromatic ring is 1. The molecular formula is C21H36N7O17P3S. The zero-order chi connectivity index (χ0) is 36.8. The Morgan fingerprint density at radius 2 is 1.76 bits per heavy atom. The van der Waals surface area contributed by atoms with Crippen LogP contribution >= 0.6 is 36.1 Å². The van der Waals surface area contributed by atoms with E-state index in [1.54, 1.807) is 0 Å². The number of amides is 2. The van der Waals surface area contributed by atoms with Gasteiger partial charge >= 0.3 is 23.5 Å². The van der Waals surface area contributed by atoms with Crippen molar-refractivity contribution in [1.29, 1.82) is 0 Å². The molecule has 7 atom stereocenters. The van der Waals surface area contributed by atoms with Gasteiger partial charge in [-0.2, -0.15) is 16.9 Å². The van der Waals surface area contributed by atoms with Gasteiger partial charge in [0.15, 0.2) is 23.8 Å². The van der Waals surface area contributed by atoms with E-state index in [2.05, 4.69) is 51.9 Å². The van der Waals surface area contributed by atoms with Gasteiger partial charge in [0.1, 0.15) is 30.2 Å². The van der Waals surface area contributed by atoms with Crippen molar-refractivity contribution in [2.24, 2.45) is 5.41 Å². The Kier molecular flexibility index (Phi) is 14.2.